The topological polar surface area (TPSA) is 64.1 Å². The van der Waals surface area contributed by atoms with Crippen LogP contribution in [0.1, 0.15) is 11.7 Å². The number of hydrogen-bond acceptors (Lipinski definition) is 5. The van der Waals surface area contributed by atoms with Crippen LogP contribution in [0.4, 0.5) is 0 Å². The summed E-state index contributed by atoms with van der Waals surface area (Å²) in [5, 5.41) is 11.4. The van der Waals surface area contributed by atoms with E-state index in [4.69, 9.17) is 8.83 Å². The molecule has 20 heavy (non-hydrogen) atoms. The molecule has 102 valence electrons. The van der Waals surface area contributed by atoms with E-state index < -0.39 is 0 Å². The molecule has 0 atom stereocenters. The minimum absolute atomic E-state index is 0.562. The molecular formula is C15H15N3O2. The number of benzene rings is 1. The first-order valence-electron chi connectivity index (χ1n) is 6.53. The van der Waals surface area contributed by atoms with E-state index in [0.717, 1.165) is 17.9 Å². The molecule has 1 N–H and O–H groups in total. The van der Waals surface area contributed by atoms with Crippen molar-refractivity contribution < 1.29 is 8.83 Å². The molecule has 1 aromatic carbocycles. The van der Waals surface area contributed by atoms with E-state index in [9.17, 15) is 0 Å². The third-order valence-electron chi connectivity index (χ3n) is 2.88. The van der Waals surface area contributed by atoms with Gasteiger partial charge in [0.2, 0.25) is 11.8 Å². The van der Waals surface area contributed by atoms with E-state index >= 15 is 0 Å². The van der Waals surface area contributed by atoms with E-state index in [1.807, 2.05) is 42.5 Å². The molecule has 0 aliphatic heterocycles. The maximum absolute atomic E-state index is 5.62. The Morgan fingerprint density at radius 3 is 2.70 bits per heavy atom. The summed E-state index contributed by atoms with van der Waals surface area (Å²) in [5.41, 5.74) is 0.940. The first-order valence-corrected chi connectivity index (χ1v) is 6.53. The molecule has 0 amide bonds. The number of furan rings is 1. The van der Waals surface area contributed by atoms with E-state index in [2.05, 4.69) is 15.5 Å². The Bertz CT molecular complexity index is 632. The van der Waals surface area contributed by atoms with E-state index in [0.29, 0.717) is 24.7 Å². The molecule has 0 spiro atoms. The third kappa shape index (κ3) is 3.13. The van der Waals surface area contributed by atoms with Gasteiger partial charge in [0.25, 0.3) is 0 Å². The van der Waals surface area contributed by atoms with Crippen molar-refractivity contribution >= 4 is 0 Å². The van der Waals surface area contributed by atoms with E-state index in [1.54, 1.807) is 6.26 Å². The summed E-state index contributed by atoms with van der Waals surface area (Å²) < 4.78 is 10.9. The second kappa shape index (κ2) is 6.16. The molecule has 0 bridgehead atoms. The van der Waals surface area contributed by atoms with Crippen molar-refractivity contribution in [2.75, 3.05) is 6.54 Å². The number of nitrogens with one attached hydrogen (secondary N) is 1. The molecule has 0 unspecified atom stereocenters. The Labute approximate surface area is 116 Å². The predicted octanol–water partition coefficient (Wildman–Crippen LogP) is 2.66. The fourth-order valence-electron chi connectivity index (χ4n) is 1.87. The van der Waals surface area contributed by atoms with Gasteiger partial charge in [-0.1, -0.05) is 18.2 Å². The van der Waals surface area contributed by atoms with Gasteiger partial charge in [-0.25, -0.2) is 0 Å². The molecule has 3 aromatic rings. The highest BCUT2D eigenvalue weighted by Gasteiger charge is 2.07. The molecule has 0 aliphatic carbocycles. The molecule has 0 aliphatic rings. The first-order chi connectivity index (χ1) is 9.92. The molecule has 5 heteroatoms. The van der Waals surface area contributed by atoms with Gasteiger partial charge >= 0.3 is 0 Å². The first kappa shape index (κ1) is 12.6. The number of rotatable bonds is 6. The average molecular weight is 269 g/mol. The Hall–Kier alpha value is -2.40. The van der Waals surface area contributed by atoms with Gasteiger partial charge in [-0.3, -0.25) is 0 Å². The van der Waals surface area contributed by atoms with Crippen LogP contribution in [-0.2, 0) is 13.0 Å². The molecular weight excluding hydrogens is 254 g/mol. The summed E-state index contributed by atoms with van der Waals surface area (Å²) in [6.07, 6.45) is 2.36. The van der Waals surface area contributed by atoms with Crippen molar-refractivity contribution in [3.8, 4) is 11.5 Å². The molecule has 0 radical (unpaired) electrons. The summed E-state index contributed by atoms with van der Waals surface area (Å²) in [6.45, 7) is 1.46. The fraction of sp³-hybridized carbons (Fsp3) is 0.200. The van der Waals surface area contributed by atoms with Crippen molar-refractivity contribution in [3.63, 3.8) is 0 Å². The van der Waals surface area contributed by atoms with E-state index in [-0.39, 0.29) is 0 Å². The average Bonchev–Trinajstić information content (AvgIpc) is 3.16. The second-order valence-electron chi connectivity index (χ2n) is 4.37. The van der Waals surface area contributed by atoms with Gasteiger partial charge in [-0.15, -0.1) is 10.2 Å². The summed E-state index contributed by atoms with van der Waals surface area (Å²) in [4.78, 5) is 0. The summed E-state index contributed by atoms with van der Waals surface area (Å²) >= 11 is 0. The van der Waals surface area contributed by atoms with Crippen LogP contribution >= 0.6 is 0 Å². The normalized spacial score (nSPS) is 10.8. The van der Waals surface area contributed by atoms with Crippen LogP contribution in [0.25, 0.3) is 11.5 Å². The van der Waals surface area contributed by atoms with Crippen molar-refractivity contribution in [1.82, 2.24) is 15.5 Å². The molecule has 0 saturated carbocycles. The number of nitrogens with zero attached hydrogens (tertiary/aromatic N) is 2. The van der Waals surface area contributed by atoms with Gasteiger partial charge in [0.15, 0.2) is 0 Å². The van der Waals surface area contributed by atoms with Crippen LogP contribution in [0.2, 0.25) is 0 Å². The Morgan fingerprint density at radius 2 is 1.90 bits per heavy atom. The predicted molar refractivity (Wildman–Crippen MR) is 73.9 cm³/mol. The number of hydrogen-bond donors (Lipinski definition) is 1. The molecule has 2 aromatic heterocycles. The lowest BCUT2D eigenvalue weighted by Gasteiger charge is -1.99. The largest absolute Gasteiger partial charge is 0.468 e. The van der Waals surface area contributed by atoms with Crippen LogP contribution in [0.5, 0.6) is 0 Å². The minimum atomic E-state index is 0.562. The zero-order valence-electron chi connectivity index (χ0n) is 11.0. The van der Waals surface area contributed by atoms with Crippen LogP contribution < -0.4 is 5.32 Å². The van der Waals surface area contributed by atoms with Gasteiger partial charge in [0.1, 0.15) is 5.76 Å². The van der Waals surface area contributed by atoms with Gasteiger partial charge in [-0.2, -0.15) is 0 Å². The monoisotopic (exact) mass is 269 g/mol. The van der Waals surface area contributed by atoms with Crippen molar-refractivity contribution in [2.45, 2.75) is 13.0 Å². The number of aromatic nitrogens is 2. The maximum Gasteiger partial charge on any atom is 0.247 e. The second-order valence-corrected chi connectivity index (χ2v) is 4.37. The zero-order valence-corrected chi connectivity index (χ0v) is 11.0. The Kier molecular flexibility index (Phi) is 3.89. The van der Waals surface area contributed by atoms with Crippen LogP contribution in [0, 0.1) is 0 Å². The Balaban J connectivity index is 1.50. The Morgan fingerprint density at radius 1 is 1.00 bits per heavy atom. The van der Waals surface area contributed by atoms with Crippen molar-refractivity contribution in [2.24, 2.45) is 0 Å². The lowest BCUT2D eigenvalue weighted by atomic mass is 10.2. The van der Waals surface area contributed by atoms with Crippen LogP contribution in [0.3, 0.4) is 0 Å². The zero-order chi connectivity index (χ0) is 13.6. The molecule has 5 nitrogen and oxygen atoms in total. The molecule has 3 rings (SSSR count). The highest BCUT2D eigenvalue weighted by atomic mass is 16.4. The SMILES string of the molecule is c1ccc(-c2nnc(CCNCc3ccco3)o2)cc1. The van der Waals surface area contributed by atoms with Gasteiger partial charge < -0.3 is 14.2 Å². The highest BCUT2D eigenvalue weighted by molar-refractivity contribution is 5.51. The minimum Gasteiger partial charge on any atom is -0.468 e. The highest BCUT2D eigenvalue weighted by Crippen LogP contribution is 2.16. The maximum atomic E-state index is 5.62. The molecule has 0 saturated heterocycles. The van der Waals surface area contributed by atoms with Crippen molar-refractivity contribution in [1.29, 1.82) is 0 Å². The molecule has 0 fully saturated rings. The van der Waals surface area contributed by atoms with Gasteiger partial charge in [0, 0.05) is 18.5 Å². The van der Waals surface area contributed by atoms with Crippen molar-refractivity contribution in [3.05, 3.63) is 60.4 Å². The molecule has 2 heterocycles. The standard InChI is InChI=1S/C15H15N3O2/c1-2-5-12(6-3-1)15-18-17-14(20-15)8-9-16-11-13-7-4-10-19-13/h1-7,10,16H,8-9,11H2. The summed E-state index contributed by atoms with van der Waals surface area (Å²) in [6, 6.07) is 13.6. The fourth-order valence-corrected chi connectivity index (χ4v) is 1.87. The van der Waals surface area contributed by atoms with Gasteiger partial charge in [-0.05, 0) is 24.3 Å². The third-order valence-corrected chi connectivity index (χ3v) is 2.88. The summed E-state index contributed by atoms with van der Waals surface area (Å²) in [7, 11) is 0. The summed E-state index contributed by atoms with van der Waals surface area (Å²) in [5.74, 6) is 2.11. The van der Waals surface area contributed by atoms with Crippen LogP contribution in [0.15, 0.2) is 57.6 Å². The quantitative estimate of drug-likeness (QED) is 0.697. The van der Waals surface area contributed by atoms with E-state index in [1.165, 1.54) is 0 Å². The van der Waals surface area contributed by atoms with Gasteiger partial charge in [0.05, 0.1) is 12.8 Å². The smallest absolute Gasteiger partial charge is 0.247 e. The lowest BCUT2D eigenvalue weighted by molar-refractivity contribution is 0.466. The lowest BCUT2D eigenvalue weighted by Crippen LogP contribution is -2.16. The van der Waals surface area contributed by atoms with Crippen LogP contribution in [-0.4, -0.2) is 16.7 Å².